The van der Waals surface area contributed by atoms with Gasteiger partial charge in [0.2, 0.25) is 0 Å². The van der Waals surface area contributed by atoms with Gasteiger partial charge in [0, 0.05) is 32.7 Å². The molecule has 0 bridgehead atoms. The van der Waals surface area contributed by atoms with Crippen molar-refractivity contribution in [3.8, 4) is 0 Å². The van der Waals surface area contributed by atoms with Gasteiger partial charge in [-0.15, -0.1) is 11.8 Å². The van der Waals surface area contributed by atoms with Gasteiger partial charge in [-0.1, -0.05) is 36.4 Å². The van der Waals surface area contributed by atoms with E-state index >= 15 is 0 Å². The third-order valence-corrected chi connectivity index (χ3v) is 5.19. The van der Waals surface area contributed by atoms with Gasteiger partial charge in [0.1, 0.15) is 0 Å². The quantitative estimate of drug-likeness (QED) is 0.487. The lowest BCUT2D eigenvalue weighted by Crippen LogP contribution is -2.04. The van der Waals surface area contributed by atoms with Crippen LogP contribution in [0, 0.1) is 0 Å². The molecule has 3 rings (SSSR count). The number of hydrogen-bond acceptors (Lipinski definition) is 3. The highest BCUT2D eigenvalue weighted by Crippen LogP contribution is 2.28. The fraction of sp³-hybridized carbons (Fsp3) is 0.0588. The van der Waals surface area contributed by atoms with E-state index in [-0.39, 0.29) is 5.78 Å². The Morgan fingerprint density at radius 3 is 2.67 bits per heavy atom. The first-order valence-electron chi connectivity index (χ1n) is 6.49. The summed E-state index contributed by atoms with van der Waals surface area (Å²) in [7, 11) is 0. The van der Waals surface area contributed by atoms with Crippen LogP contribution in [0.2, 0.25) is 0 Å². The molecule has 4 heteroatoms. The molecule has 104 valence electrons. The van der Waals surface area contributed by atoms with Crippen LogP contribution in [0.25, 0.3) is 10.8 Å². The average Bonchev–Trinajstić information content (AvgIpc) is 2.53. The number of halogens is 1. The summed E-state index contributed by atoms with van der Waals surface area (Å²) in [6, 6.07) is 15.7. The molecule has 0 aliphatic heterocycles. The monoisotopic (exact) mass is 357 g/mol. The third-order valence-electron chi connectivity index (χ3n) is 3.16. The van der Waals surface area contributed by atoms with Crippen LogP contribution in [-0.4, -0.2) is 16.5 Å². The Kier molecular flexibility index (Phi) is 4.36. The van der Waals surface area contributed by atoms with E-state index in [0.29, 0.717) is 11.3 Å². The normalized spacial score (nSPS) is 10.7. The number of Topliss-reactive ketones (excluding diaryl/α,β-unsaturated/α-hetero) is 1. The highest BCUT2D eigenvalue weighted by molar-refractivity contribution is 9.10. The molecule has 1 aromatic heterocycles. The van der Waals surface area contributed by atoms with E-state index < -0.39 is 0 Å². The van der Waals surface area contributed by atoms with E-state index in [1.54, 1.807) is 12.4 Å². The van der Waals surface area contributed by atoms with Crippen molar-refractivity contribution in [3.05, 3.63) is 71.0 Å². The Morgan fingerprint density at radius 1 is 1.05 bits per heavy atom. The SMILES string of the molecule is O=C(CSc1ccccc1Br)c1cncc2ccccc12. The van der Waals surface area contributed by atoms with Crippen molar-refractivity contribution < 1.29 is 4.79 Å². The standard InChI is InChI=1S/C17H12BrNOS/c18-15-7-3-4-8-17(15)21-11-16(20)14-10-19-9-12-5-1-2-6-13(12)14/h1-10H,11H2. The van der Waals surface area contributed by atoms with Crippen molar-refractivity contribution in [1.82, 2.24) is 4.98 Å². The molecule has 0 amide bonds. The number of carbonyl (C=O) groups is 1. The van der Waals surface area contributed by atoms with Crippen molar-refractivity contribution in [1.29, 1.82) is 0 Å². The van der Waals surface area contributed by atoms with Crippen molar-refractivity contribution in [2.24, 2.45) is 0 Å². The summed E-state index contributed by atoms with van der Waals surface area (Å²) >= 11 is 5.03. The van der Waals surface area contributed by atoms with Crippen molar-refractivity contribution >= 4 is 44.2 Å². The molecule has 3 aromatic rings. The number of carbonyl (C=O) groups excluding carboxylic acids is 1. The maximum atomic E-state index is 12.5. The minimum Gasteiger partial charge on any atom is -0.293 e. The summed E-state index contributed by atoms with van der Waals surface area (Å²) in [5, 5.41) is 1.96. The van der Waals surface area contributed by atoms with E-state index in [2.05, 4.69) is 20.9 Å². The number of thioether (sulfide) groups is 1. The smallest absolute Gasteiger partial charge is 0.175 e. The van der Waals surface area contributed by atoms with E-state index in [4.69, 9.17) is 0 Å². The number of ketones is 1. The predicted molar refractivity (Wildman–Crippen MR) is 90.9 cm³/mol. The summed E-state index contributed by atoms with van der Waals surface area (Å²) in [5.74, 6) is 0.498. The second-order valence-electron chi connectivity index (χ2n) is 4.55. The molecule has 2 aromatic carbocycles. The van der Waals surface area contributed by atoms with Crippen LogP contribution in [0.5, 0.6) is 0 Å². The molecule has 0 unspecified atom stereocenters. The molecule has 0 fully saturated rings. The maximum Gasteiger partial charge on any atom is 0.175 e. The van der Waals surface area contributed by atoms with Crippen LogP contribution < -0.4 is 0 Å². The van der Waals surface area contributed by atoms with Gasteiger partial charge >= 0.3 is 0 Å². The van der Waals surface area contributed by atoms with Crippen LogP contribution in [0.4, 0.5) is 0 Å². The van der Waals surface area contributed by atoms with Crippen molar-refractivity contribution in [2.45, 2.75) is 4.90 Å². The number of hydrogen-bond donors (Lipinski definition) is 0. The summed E-state index contributed by atoms with van der Waals surface area (Å²) in [6.45, 7) is 0. The second kappa shape index (κ2) is 6.41. The fourth-order valence-corrected chi connectivity index (χ4v) is 3.57. The number of benzene rings is 2. The van der Waals surface area contributed by atoms with Crippen LogP contribution in [0.3, 0.4) is 0 Å². The highest BCUT2D eigenvalue weighted by atomic mass is 79.9. The molecule has 0 N–H and O–H groups in total. The zero-order chi connectivity index (χ0) is 14.7. The molecule has 2 nitrogen and oxygen atoms in total. The Balaban J connectivity index is 1.83. The van der Waals surface area contributed by atoms with Crippen LogP contribution >= 0.6 is 27.7 Å². The molecule has 0 saturated heterocycles. The molecule has 0 aliphatic carbocycles. The van der Waals surface area contributed by atoms with Crippen LogP contribution in [0.1, 0.15) is 10.4 Å². The summed E-state index contributed by atoms with van der Waals surface area (Å²) in [4.78, 5) is 17.7. The van der Waals surface area contributed by atoms with E-state index in [9.17, 15) is 4.79 Å². The van der Waals surface area contributed by atoms with Crippen molar-refractivity contribution in [2.75, 3.05) is 5.75 Å². The lowest BCUT2D eigenvalue weighted by atomic mass is 10.1. The second-order valence-corrected chi connectivity index (χ2v) is 6.42. The van der Waals surface area contributed by atoms with Gasteiger partial charge in [0.15, 0.2) is 5.78 Å². The first-order chi connectivity index (χ1) is 10.3. The zero-order valence-electron chi connectivity index (χ0n) is 11.1. The van der Waals surface area contributed by atoms with Crippen molar-refractivity contribution in [3.63, 3.8) is 0 Å². The van der Waals surface area contributed by atoms with Gasteiger partial charge in [0.05, 0.1) is 5.75 Å². The van der Waals surface area contributed by atoms with E-state index in [1.165, 1.54) is 11.8 Å². The average molecular weight is 358 g/mol. The largest absolute Gasteiger partial charge is 0.293 e. The lowest BCUT2D eigenvalue weighted by molar-refractivity contribution is 0.102. The minimum absolute atomic E-state index is 0.0973. The van der Waals surface area contributed by atoms with Gasteiger partial charge < -0.3 is 0 Å². The molecular weight excluding hydrogens is 346 g/mol. The predicted octanol–water partition coefficient (Wildman–Crippen LogP) is 4.97. The number of fused-ring (bicyclic) bond motifs is 1. The highest BCUT2D eigenvalue weighted by Gasteiger charge is 2.11. The molecule has 0 saturated carbocycles. The summed E-state index contributed by atoms with van der Waals surface area (Å²) < 4.78 is 1.01. The number of rotatable bonds is 4. The molecule has 0 aliphatic rings. The first kappa shape index (κ1) is 14.3. The van der Waals surface area contributed by atoms with Gasteiger partial charge in [-0.05, 0) is 33.4 Å². The Labute approximate surface area is 135 Å². The van der Waals surface area contributed by atoms with E-state index in [1.807, 2.05) is 48.5 Å². The topological polar surface area (TPSA) is 30.0 Å². The Hall–Kier alpha value is -1.65. The minimum atomic E-state index is 0.0973. The summed E-state index contributed by atoms with van der Waals surface area (Å²) in [6.07, 6.45) is 3.44. The van der Waals surface area contributed by atoms with Gasteiger partial charge in [-0.25, -0.2) is 0 Å². The number of aromatic nitrogens is 1. The van der Waals surface area contributed by atoms with Gasteiger partial charge in [-0.3, -0.25) is 9.78 Å². The molecule has 0 spiro atoms. The summed E-state index contributed by atoms with van der Waals surface area (Å²) in [5.41, 5.74) is 0.688. The lowest BCUT2D eigenvalue weighted by Gasteiger charge is -2.06. The van der Waals surface area contributed by atoms with Gasteiger partial charge in [0.25, 0.3) is 0 Å². The maximum absolute atomic E-state index is 12.5. The molecule has 21 heavy (non-hydrogen) atoms. The molecule has 0 radical (unpaired) electrons. The van der Waals surface area contributed by atoms with Crippen LogP contribution in [-0.2, 0) is 0 Å². The first-order valence-corrected chi connectivity index (χ1v) is 8.27. The fourth-order valence-electron chi connectivity index (χ4n) is 2.12. The Bertz CT molecular complexity index is 798. The third kappa shape index (κ3) is 3.17. The molecule has 0 atom stereocenters. The molecular formula is C17H12BrNOS. The zero-order valence-corrected chi connectivity index (χ0v) is 13.5. The van der Waals surface area contributed by atoms with E-state index in [0.717, 1.165) is 20.1 Å². The molecule has 1 heterocycles. The van der Waals surface area contributed by atoms with Gasteiger partial charge in [-0.2, -0.15) is 0 Å². The number of nitrogens with zero attached hydrogens (tertiary/aromatic N) is 1. The number of pyridine rings is 1. The Morgan fingerprint density at radius 2 is 1.81 bits per heavy atom. The van der Waals surface area contributed by atoms with Crippen LogP contribution in [0.15, 0.2) is 70.3 Å².